The average Bonchev–Trinajstić information content (AvgIpc) is 3.21. The minimum atomic E-state index is -0.371. The van der Waals surface area contributed by atoms with Crippen LogP contribution in [0.5, 0.6) is 5.75 Å². The van der Waals surface area contributed by atoms with Crippen molar-refractivity contribution in [3.63, 3.8) is 0 Å². The van der Waals surface area contributed by atoms with Gasteiger partial charge in [-0.3, -0.25) is 9.59 Å². The number of carbonyl (C=O) groups is 2. The van der Waals surface area contributed by atoms with Crippen LogP contribution in [0, 0.1) is 6.92 Å². The lowest BCUT2D eigenvalue weighted by Gasteiger charge is -2.03. The van der Waals surface area contributed by atoms with Gasteiger partial charge >= 0.3 is 0 Å². The molecule has 1 aromatic carbocycles. The molecule has 0 fully saturated rings. The number of amides is 2. The first-order chi connectivity index (χ1) is 12.5. The van der Waals surface area contributed by atoms with Crippen LogP contribution in [-0.4, -0.2) is 34.9 Å². The molecule has 26 heavy (non-hydrogen) atoms. The van der Waals surface area contributed by atoms with E-state index in [1.54, 1.807) is 11.3 Å². The second kappa shape index (κ2) is 7.96. The second-order valence-corrected chi connectivity index (χ2v) is 6.75. The Morgan fingerprint density at radius 3 is 2.85 bits per heavy atom. The number of hydrogen-bond acceptors (Lipinski definition) is 7. The fraction of sp³-hybridized carbons (Fsp3) is 0.294. The summed E-state index contributed by atoms with van der Waals surface area (Å²) in [4.78, 5) is 31.2. The van der Waals surface area contributed by atoms with Gasteiger partial charge < -0.3 is 19.8 Å². The highest BCUT2D eigenvalue weighted by Crippen LogP contribution is 2.25. The lowest BCUT2D eigenvalue weighted by Crippen LogP contribution is -2.33. The number of aromatic nitrogens is 2. The second-order valence-electron chi connectivity index (χ2n) is 5.52. The molecule has 8 nitrogen and oxygen atoms in total. The van der Waals surface area contributed by atoms with Gasteiger partial charge in [-0.15, -0.1) is 11.3 Å². The summed E-state index contributed by atoms with van der Waals surface area (Å²) < 4.78 is 12.0. The van der Waals surface area contributed by atoms with Crippen LogP contribution < -0.4 is 15.4 Å². The maximum Gasteiger partial charge on any atom is 0.273 e. The molecule has 0 atom stereocenters. The van der Waals surface area contributed by atoms with Gasteiger partial charge in [0.2, 0.25) is 11.8 Å². The maximum absolute atomic E-state index is 11.9. The fourth-order valence-electron chi connectivity index (χ4n) is 2.24. The van der Waals surface area contributed by atoms with E-state index in [1.807, 2.05) is 25.1 Å². The van der Waals surface area contributed by atoms with E-state index in [4.69, 9.17) is 9.15 Å². The molecular formula is C17H18N4O4S. The highest BCUT2D eigenvalue weighted by atomic mass is 32.1. The summed E-state index contributed by atoms with van der Waals surface area (Å²) in [6, 6.07) is 5.68. The molecule has 3 rings (SSSR count). The Bertz CT molecular complexity index is 934. The maximum atomic E-state index is 11.9. The monoisotopic (exact) mass is 374 g/mol. The quantitative estimate of drug-likeness (QED) is 0.613. The lowest BCUT2D eigenvalue weighted by atomic mass is 10.3. The van der Waals surface area contributed by atoms with Crippen molar-refractivity contribution in [1.82, 2.24) is 20.6 Å². The van der Waals surface area contributed by atoms with Crippen LogP contribution in [0.4, 0.5) is 0 Å². The number of oxazole rings is 1. The summed E-state index contributed by atoms with van der Waals surface area (Å²) in [5, 5.41) is 6.23. The van der Waals surface area contributed by atoms with Crippen LogP contribution in [-0.2, 0) is 11.4 Å². The van der Waals surface area contributed by atoms with Crippen LogP contribution in [0.1, 0.15) is 28.3 Å². The highest BCUT2D eigenvalue weighted by Gasteiger charge is 2.12. The summed E-state index contributed by atoms with van der Waals surface area (Å²) in [6.07, 6.45) is 1.28. The number of rotatable bonds is 7. The van der Waals surface area contributed by atoms with Crippen molar-refractivity contribution in [1.29, 1.82) is 0 Å². The van der Waals surface area contributed by atoms with Crippen molar-refractivity contribution < 1.29 is 18.7 Å². The van der Waals surface area contributed by atoms with E-state index in [2.05, 4.69) is 20.6 Å². The van der Waals surface area contributed by atoms with Gasteiger partial charge in [0.1, 0.15) is 12.0 Å². The summed E-state index contributed by atoms with van der Waals surface area (Å²) >= 11 is 1.63. The normalized spacial score (nSPS) is 10.7. The molecule has 2 heterocycles. The molecule has 0 unspecified atom stereocenters. The van der Waals surface area contributed by atoms with E-state index < -0.39 is 0 Å². The molecule has 0 aliphatic carbocycles. The zero-order valence-electron chi connectivity index (χ0n) is 14.4. The van der Waals surface area contributed by atoms with Crippen molar-refractivity contribution >= 4 is 33.4 Å². The first kappa shape index (κ1) is 17.9. The topological polar surface area (TPSA) is 106 Å². The summed E-state index contributed by atoms with van der Waals surface area (Å²) in [5.74, 6) is 0.435. The number of benzene rings is 1. The third-order valence-corrected chi connectivity index (χ3v) is 4.35. The molecule has 136 valence electrons. The Morgan fingerprint density at radius 2 is 2.04 bits per heavy atom. The predicted octanol–water partition coefficient (Wildman–Crippen LogP) is 2.04. The van der Waals surface area contributed by atoms with Crippen molar-refractivity contribution in [2.24, 2.45) is 0 Å². The minimum Gasteiger partial charge on any atom is -0.484 e. The van der Waals surface area contributed by atoms with E-state index in [0.717, 1.165) is 15.2 Å². The molecule has 0 spiro atoms. The number of ether oxygens (including phenoxy) is 1. The molecule has 2 amide bonds. The van der Waals surface area contributed by atoms with Gasteiger partial charge in [0.25, 0.3) is 5.91 Å². The molecular weight excluding hydrogens is 356 g/mol. The SMILES string of the molecule is CC(=O)NCCNC(=O)c1coc(COc2ccc3sc(C)nc3c2)n1. The van der Waals surface area contributed by atoms with Crippen molar-refractivity contribution in [3.05, 3.63) is 41.1 Å². The Hall–Kier alpha value is -2.94. The van der Waals surface area contributed by atoms with Crippen molar-refractivity contribution in [3.8, 4) is 5.75 Å². The highest BCUT2D eigenvalue weighted by molar-refractivity contribution is 7.18. The predicted molar refractivity (Wildman–Crippen MR) is 96.2 cm³/mol. The number of aryl methyl sites for hydroxylation is 1. The van der Waals surface area contributed by atoms with Gasteiger partial charge in [0, 0.05) is 26.1 Å². The summed E-state index contributed by atoms with van der Waals surface area (Å²) in [6.45, 7) is 4.14. The zero-order chi connectivity index (χ0) is 18.5. The summed E-state index contributed by atoms with van der Waals surface area (Å²) in [5.41, 5.74) is 1.05. The molecule has 0 bridgehead atoms. The van der Waals surface area contributed by atoms with Crippen LogP contribution in [0.15, 0.2) is 28.9 Å². The van der Waals surface area contributed by atoms with Crippen LogP contribution in [0.2, 0.25) is 0 Å². The van der Waals surface area contributed by atoms with E-state index >= 15 is 0 Å². The van der Waals surface area contributed by atoms with Crippen molar-refractivity contribution in [2.75, 3.05) is 13.1 Å². The molecule has 0 saturated carbocycles. The molecule has 2 aromatic heterocycles. The Labute approximate surface area is 153 Å². The molecule has 0 saturated heterocycles. The lowest BCUT2D eigenvalue weighted by molar-refractivity contribution is -0.118. The first-order valence-electron chi connectivity index (χ1n) is 7.98. The van der Waals surface area contributed by atoms with E-state index in [1.165, 1.54) is 13.2 Å². The van der Waals surface area contributed by atoms with E-state index in [-0.39, 0.29) is 24.1 Å². The van der Waals surface area contributed by atoms with Gasteiger partial charge in [0.15, 0.2) is 12.3 Å². The third kappa shape index (κ3) is 4.57. The molecule has 9 heteroatoms. The Balaban J connectivity index is 1.52. The average molecular weight is 374 g/mol. The number of nitrogens with zero attached hydrogens (tertiary/aromatic N) is 2. The minimum absolute atomic E-state index is 0.105. The number of nitrogens with one attached hydrogen (secondary N) is 2. The van der Waals surface area contributed by atoms with Gasteiger partial charge in [0.05, 0.1) is 15.2 Å². The Kier molecular flexibility index (Phi) is 5.47. The van der Waals surface area contributed by atoms with Crippen molar-refractivity contribution in [2.45, 2.75) is 20.5 Å². The first-order valence-corrected chi connectivity index (χ1v) is 8.80. The number of carbonyl (C=O) groups excluding carboxylic acids is 2. The van der Waals surface area contributed by atoms with E-state index in [9.17, 15) is 9.59 Å². The van der Waals surface area contributed by atoms with Gasteiger partial charge in [-0.1, -0.05) is 0 Å². The molecule has 2 N–H and O–H groups in total. The van der Waals surface area contributed by atoms with Crippen LogP contribution in [0.25, 0.3) is 10.2 Å². The molecule has 0 radical (unpaired) electrons. The molecule has 0 aliphatic heterocycles. The molecule has 0 aliphatic rings. The number of hydrogen-bond donors (Lipinski definition) is 2. The number of fused-ring (bicyclic) bond motifs is 1. The van der Waals surface area contributed by atoms with Gasteiger partial charge in [-0.25, -0.2) is 9.97 Å². The van der Waals surface area contributed by atoms with E-state index in [0.29, 0.717) is 24.7 Å². The zero-order valence-corrected chi connectivity index (χ0v) is 15.2. The largest absolute Gasteiger partial charge is 0.484 e. The molecule has 3 aromatic rings. The third-order valence-electron chi connectivity index (χ3n) is 3.40. The van der Waals surface area contributed by atoms with Gasteiger partial charge in [-0.05, 0) is 19.1 Å². The summed E-state index contributed by atoms with van der Waals surface area (Å²) in [7, 11) is 0. The number of thiazole rings is 1. The van der Waals surface area contributed by atoms with Crippen LogP contribution >= 0.6 is 11.3 Å². The van der Waals surface area contributed by atoms with Gasteiger partial charge in [-0.2, -0.15) is 0 Å². The standard InChI is InChI=1S/C17H18N4O4S/c1-10(22)18-5-6-19-17(23)14-8-25-16(21-14)9-24-12-3-4-15-13(7-12)20-11(2)26-15/h3-4,7-8H,5-6,9H2,1-2H3,(H,18,22)(H,19,23). The smallest absolute Gasteiger partial charge is 0.273 e. The fourth-order valence-corrected chi connectivity index (χ4v) is 3.05. The van der Waals surface area contributed by atoms with Crippen LogP contribution in [0.3, 0.4) is 0 Å². The Morgan fingerprint density at radius 1 is 1.23 bits per heavy atom.